The highest BCUT2D eigenvalue weighted by molar-refractivity contribution is 7.85. The number of likely N-dealkylation sites (tertiary alicyclic amines) is 1. The molecule has 2 aliphatic rings. The topological polar surface area (TPSA) is 191 Å². The number of amides is 3. The molecule has 232 valence electrons. The smallest absolute Gasteiger partial charge is 0.359 e. The van der Waals surface area contributed by atoms with E-state index in [2.05, 4.69) is 0 Å². The number of ether oxygens (including phenoxy) is 1. The first kappa shape index (κ1) is 31.0. The van der Waals surface area contributed by atoms with E-state index < -0.39 is 80.7 Å². The normalized spacial score (nSPS) is 18.4. The van der Waals surface area contributed by atoms with E-state index in [1.165, 1.54) is 0 Å². The maximum absolute atomic E-state index is 13.7. The number of hydrogen-bond donors (Lipinski definition) is 1. The van der Waals surface area contributed by atoms with E-state index in [1.807, 2.05) is 0 Å². The van der Waals surface area contributed by atoms with E-state index in [0.717, 1.165) is 31.4 Å². The highest BCUT2D eigenvalue weighted by Crippen LogP contribution is 2.38. The number of imide groups is 1. The number of nitro groups is 1. The Balaban J connectivity index is 1.50. The predicted octanol–water partition coefficient (Wildman–Crippen LogP) is 2.87. The fraction of sp³-hybridized carbons (Fsp3) is 0.200. The van der Waals surface area contributed by atoms with Crippen LogP contribution in [0.25, 0.3) is 0 Å². The number of allylic oxidation sites excluding steroid dienone is 1. The molecule has 2 heterocycles. The zero-order valence-electron chi connectivity index (χ0n) is 23.7. The lowest BCUT2D eigenvalue weighted by Gasteiger charge is -2.49. The van der Waals surface area contributed by atoms with Gasteiger partial charge < -0.3 is 9.84 Å². The molecule has 5 rings (SSSR count). The Kier molecular flexibility index (Phi) is 8.23. The number of carbonyl (C=O) groups excluding carboxylic acids is 4. The lowest BCUT2D eigenvalue weighted by Crippen LogP contribution is -2.73. The number of fused-ring (bicyclic) bond motifs is 1. The number of β-lactam (4-membered cyclic amide) rings is 1. The average molecular weight is 636 g/mol. The molecule has 2 atom stereocenters. The largest absolute Gasteiger partial charge is 0.510 e. The molecule has 0 bridgehead atoms. The van der Waals surface area contributed by atoms with Gasteiger partial charge in [0.25, 0.3) is 33.5 Å². The average Bonchev–Trinajstić information content (AvgIpc) is 3.24. The Morgan fingerprint density at radius 2 is 1.51 bits per heavy atom. The third-order valence-electron chi connectivity index (χ3n) is 7.24. The van der Waals surface area contributed by atoms with E-state index in [9.17, 15) is 42.8 Å². The molecule has 14 nitrogen and oxygen atoms in total. The molecule has 3 aromatic carbocycles. The first-order chi connectivity index (χ1) is 21.3. The summed E-state index contributed by atoms with van der Waals surface area (Å²) in [5, 5.41) is 21.9. The molecule has 45 heavy (non-hydrogen) atoms. The standard InChI is InChI=1S/C30H25N3O11S/c1-17(34)24(30(38)44-26(18-9-5-3-6-10-18)19-11-7-4-8-12-19)31-23(16-43-45(2,41)42)25(29(31)37)32-27(35)21-14-13-20(33(39)40)15-22(21)28(32)36/h3-15,23,25-26,34H,16H2,1-2H3/b24-17+/t23-,25+/m1/s1. The number of carbonyl (C=O) groups is 4. The summed E-state index contributed by atoms with van der Waals surface area (Å²) in [5.74, 6) is -4.87. The van der Waals surface area contributed by atoms with Crippen molar-refractivity contribution in [3.63, 3.8) is 0 Å². The summed E-state index contributed by atoms with van der Waals surface area (Å²) in [6, 6.07) is 17.1. The summed E-state index contributed by atoms with van der Waals surface area (Å²) in [6.45, 7) is 0.292. The molecule has 0 spiro atoms. The third kappa shape index (κ3) is 5.90. The van der Waals surface area contributed by atoms with E-state index in [-0.39, 0.29) is 11.1 Å². The Labute approximate surface area is 256 Å². The van der Waals surface area contributed by atoms with Crippen molar-refractivity contribution in [1.82, 2.24) is 9.80 Å². The van der Waals surface area contributed by atoms with Gasteiger partial charge >= 0.3 is 5.97 Å². The van der Waals surface area contributed by atoms with Gasteiger partial charge in [-0.3, -0.25) is 38.5 Å². The van der Waals surface area contributed by atoms with E-state index in [1.54, 1.807) is 60.7 Å². The van der Waals surface area contributed by atoms with E-state index >= 15 is 0 Å². The van der Waals surface area contributed by atoms with Gasteiger partial charge in [0.05, 0.1) is 35.0 Å². The van der Waals surface area contributed by atoms with Gasteiger partial charge in [-0.2, -0.15) is 8.42 Å². The van der Waals surface area contributed by atoms with Crippen molar-refractivity contribution < 1.29 is 46.5 Å². The van der Waals surface area contributed by atoms with Crippen LogP contribution < -0.4 is 0 Å². The van der Waals surface area contributed by atoms with Crippen LogP contribution in [0.4, 0.5) is 5.69 Å². The molecule has 1 fully saturated rings. The van der Waals surface area contributed by atoms with E-state index in [4.69, 9.17) is 8.92 Å². The minimum Gasteiger partial charge on any atom is -0.510 e. The molecule has 0 aromatic heterocycles. The fourth-order valence-corrected chi connectivity index (χ4v) is 5.61. The maximum atomic E-state index is 13.7. The molecule has 0 saturated carbocycles. The molecule has 2 aliphatic heterocycles. The number of rotatable bonds is 10. The third-order valence-corrected chi connectivity index (χ3v) is 7.80. The fourth-order valence-electron chi connectivity index (χ4n) is 5.23. The first-order valence-corrected chi connectivity index (χ1v) is 15.2. The molecule has 0 aliphatic carbocycles. The molecule has 1 N–H and O–H groups in total. The molecule has 0 unspecified atom stereocenters. The maximum Gasteiger partial charge on any atom is 0.359 e. The predicted molar refractivity (Wildman–Crippen MR) is 155 cm³/mol. The van der Waals surface area contributed by atoms with Gasteiger partial charge in [0.2, 0.25) is 0 Å². The first-order valence-electron chi connectivity index (χ1n) is 13.3. The van der Waals surface area contributed by atoms with Gasteiger partial charge in [0, 0.05) is 12.1 Å². The number of aliphatic hydroxyl groups is 1. The summed E-state index contributed by atoms with van der Waals surface area (Å²) in [6.07, 6.45) is -0.250. The van der Waals surface area contributed by atoms with Crippen LogP contribution in [0, 0.1) is 10.1 Å². The summed E-state index contributed by atoms with van der Waals surface area (Å²) >= 11 is 0. The van der Waals surface area contributed by atoms with Crippen molar-refractivity contribution in [3.8, 4) is 0 Å². The molecule has 3 aromatic rings. The van der Waals surface area contributed by atoms with Gasteiger partial charge in [-0.25, -0.2) is 4.79 Å². The molecular formula is C30H25N3O11S. The number of non-ortho nitro benzene ring substituents is 1. The van der Waals surface area contributed by atoms with Crippen LogP contribution in [0.1, 0.15) is 44.9 Å². The Bertz CT molecular complexity index is 1820. The van der Waals surface area contributed by atoms with Gasteiger partial charge in [-0.05, 0) is 24.1 Å². The SMILES string of the molecule is C/C(O)=C(/C(=O)OC(c1ccccc1)c1ccccc1)N1C(=O)[C@@H](N2C(=O)c3ccc([N+](=O)[O-])cc3C2=O)[C@H]1COS(C)(=O)=O. The van der Waals surface area contributed by atoms with Crippen LogP contribution >= 0.6 is 0 Å². The van der Waals surface area contributed by atoms with Crippen molar-refractivity contribution in [3.05, 3.63) is 123 Å². The molecule has 0 radical (unpaired) electrons. The number of nitro benzene ring substituents is 1. The lowest BCUT2D eigenvalue weighted by molar-refractivity contribution is -0.384. The van der Waals surface area contributed by atoms with Gasteiger partial charge in [-0.1, -0.05) is 60.7 Å². The number of hydrogen-bond acceptors (Lipinski definition) is 11. The summed E-state index contributed by atoms with van der Waals surface area (Å²) in [5.41, 5.74) is -0.534. The number of aliphatic hydroxyl groups excluding tert-OH is 1. The highest BCUT2D eigenvalue weighted by atomic mass is 32.2. The monoisotopic (exact) mass is 635 g/mol. The van der Waals surface area contributed by atoms with Crippen LogP contribution in [0.5, 0.6) is 0 Å². The van der Waals surface area contributed by atoms with Crippen molar-refractivity contribution in [2.75, 3.05) is 12.9 Å². The Morgan fingerprint density at radius 3 is 2.02 bits per heavy atom. The van der Waals surface area contributed by atoms with Crippen molar-refractivity contribution in [2.45, 2.75) is 25.1 Å². The number of nitrogens with zero attached hydrogens (tertiary/aromatic N) is 3. The van der Waals surface area contributed by atoms with Gasteiger partial charge in [0.15, 0.2) is 11.8 Å². The zero-order chi connectivity index (χ0) is 32.6. The number of esters is 1. The molecule has 3 amide bonds. The molecule has 1 saturated heterocycles. The van der Waals surface area contributed by atoms with Crippen LogP contribution in [0.2, 0.25) is 0 Å². The quantitative estimate of drug-likeness (QED) is 0.0504. The molecular weight excluding hydrogens is 610 g/mol. The van der Waals surface area contributed by atoms with Gasteiger partial charge in [-0.15, -0.1) is 0 Å². The van der Waals surface area contributed by atoms with Crippen molar-refractivity contribution in [2.24, 2.45) is 0 Å². The van der Waals surface area contributed by atoms with Crippen LogP contribution in [-0.4, -0.2) is 76.9 Å². The second-order valence-corrected chi connectivity index (χ2v) is 11.9. The second kappa shape index (κ2) is 11.9. The lowest BCUT2D eigenvalue weighted by atomic mass is 9.92. The Hall–Kier alpha value is -5.41. The summed E-state index contributed by atoms with van der Waals surface area (Å²) in [4.78, 5) is 65.7. The van der Waals surface area contributed by atoms with Crippen molar-refractivity contribution >= 4 is 39.5 Å². The van der Waals surface area contributed by atoms with Crippen molar-refractivity contribution in [1.29, 1.82) is 0 Å². The van der Waals surface area contributed by atoms with Crippen LogP contribution in [0.3, 0.4) is 0 Å². The highest BCUT2D eigenvalue weighted by Gasteiger charge is 2.59. The zero-order valence-corrected chi connectivity index (χ0v) is 24.5. The van der Waals surface area contributed by atoms with E-state index in [0.29, 0.717) is 20.9 Å². The minimum absolute atomic E-state index is 0.207. The summed E-state index contributed by atoms with van der Waals surface area (Å²) < 4.78 is 34.5. The van der Waals surface area contributed by atoms with Crippen LogP contribution in [0.15, 0.2) is 90.3 Å². The minimum atomic E-state index is -4.13. The Morgan fingerprint density at radius 1 is 0.956 bits per heavy atom. The van der Waals surface area contributed by atoms with Gasteiger partial charge in [0.1, 0.15) is 11.8 Å². The molecule has 15 heteroatoms. The second-order valence-electron chi connectivity index (χ2n) is 10.2. The number of benzene rings is 3. The van der Waals surface area contributed by atoms with Crippen LogP contribution in [-0.2, 0) is 28.6 Å². The summed E-state index contributed by atoms with van der Waals surface area (Å²) in [7, 11) is -4.13.